The Morgan fingerprint density at radius 3 is 0.833 bits per heavy atom. The number of nitrogens with zero attached hydrogens (tertiary/aromatic N) is 8. The zero-order valence-corrected chi connectivity index (χ0v) is 11.0. The van der Waals surface area contributed by atoms with Gasteiger partial charge >= 0.3 is 12.1 Å². The maximum absolute atomic E-state index is 11.8. The van der Waals surface area contributed by atoms with Crippen LogP contribution in [0.4, 0.5) is 9.59 Å². The number of nitro groups is 4. The van der Waals surface area contributed by atoms with E-state index in [9.17, 15) is 50.0 Å². The Morgan fingerprint density at radius 1 is 0.542 bits per heavy atom. The Morgan fingerprint density at radius 2 is 0.708 bits per heavy atom. The molecule has 128 valence electrons. The number of carbonyl (C=O) groups excluding carboxylic acids is 2. The van der Waals surface area contributed by atoms with Crippen LogP contribution in [-0.2, 0) is 0 Å². The van der Waals surface area contributed by atoms with Gasteiger partial charge in [-0.3, -0.25) is 0 Å². The molecular weight excluding hydrogens is 344 g/mol. The van der Waals surface area contributed by atoms with Crippen molar-refractivity contribution < 1.29 is 29.7 Å². The van der Waals surface area contributed by atoms with Crippen LogP contribution in [0.3, 0.4) is 0 Å². The van der Waals surface area contributed by atoms with E-state index in [0.717, 1.165) is 0 Å². The van der Waals surface area contributed by atoms with Crippen LogP contribution in [0.15, 0.2) is 0 Å². The summed E-state index contributed by atoms with van der Waals surface area (Å²) in [6.45, 7) is 0. The molecule has 0 aromatic heterocycles. The van der Waals surface area contributed by atoms with Crippen LogP contribution in [0.25, 0.3) is 0 Å². The van der Waals surface area contributed by atoms with Crippen molar-refractivity contribution in [2.24, 2.45) is 0 Å². The van der Waals surface area contributed by atoms with E-state index >= 15 is 0 Å². The lowest BCUT2D eigenvalue weighted by Gasteiger charge is -2.39. The van der Waals surface area contributed by atoms with Gasteiger partial charge in [0.2, 0.25) is 0 Å². The van der Waals surface area contributed by atoms with Crippen LogP contribution in [0.2, 0.25) is 0 Å². The molecule has 0 radical (unpaired) electrons. The largest absolute Gasteiger partial charge is 0.436 e. The van der Waals surface area contributed by atoms with Crippen molar-refractivity contribution in [3.8, 4) is 0 Å². The Labute approximate surface area is 127 Å². The van der Waals surface area contributed by atoms with E-state index in [-0.39, 0.29) is 20.0 Å². The normalized spacial score (nSPS) is 30.8. The van der Waals surface area contributed by atoms with E-state index in [4.69, 9.17) is 0 Å². The van der Waals surface area contributed by atoms with Crippen LogP contribution in [-0.4, -0.2) is 76.4 Å². The number of amides is 4. The topological polar surface area (TPSA) is 220 Å². The molecular formula is C6H4N8O10. The van der Waals surface area contributed by atoms with Gasteiger partial charge in [0.1, 0.15) is 0 Å². The van der Waals surface area contributed by atoms with E-state index in [0.29, 0.717) is 0 Å². The summed E-state index contributed by atoms with van der Waals surface area (Å²) in [6, 6.07) is -10.5. The number of hydrogen-bond donors (Lipinski definition) is 0. The van der Waals surface area contributed by atoms with Crippen molar-refractivity contribution in [3.63, 3.8) is 0 Å². The molecule has 3 aliphatic rings. The SMILES string of the molecule is O=C1N([N+](=O)[O-])C2C(C3C2N([N+](=O)[O-])C(=O)N3[N+](=O)[O-])N1[N+](=O)[O-]. The Kier molecular flexibility index (Phi) is 2.72. The highest BCUT2D eigenvalue weighted by Crippen LogP contribution is 2.47. The predicted octanol–water partition coefficient (Wildman–Crippen LogP) is -2.28. The molecule has 0 aromatic carbocycles. The Hall–Kier alpha value is -3.86. The molecule has 4 amide bonds. The van der Waals surface area contributed by atoms with Crippen LogP contribution in [0.5, 0.6) is 0 Å². The molecule has 18 heteroatoms. The summed E-state index contributed by atoms with van der Waals surface area (Å²) < 4.78 is 0. The maximum Gasteiger partial charge on any atom is 0.436 e. The fourth-order valence-electron chi connectivity index (χ4n) is 3.25. The van der Waals surface area contributed by atoms with Crippen molar-refractivity contribution in [1.29, 1.82) is 0 Å². The van der Waals surface area contributed by atoms with Crippen LogP contribution in [0.1, 0.15) is 0 Å². The van der Waals surface area contributed by atoms with Gasteiger partial charge in [0.25, 0.3) is 0 Å². The molecule has 0 N–H and O–H groups in total. The molecule has 2 saturated heterocycles. The first-order valence-corrected chi connectivity index (χ1v) is 5.93. The molecule has 1 saturated carbocycles. The predicted molar refractivity (Wildman–Crippen MR) is 61.3 cm³/mol. The molecule has 3 rings (SSSR count). The summed E-state index contributed by atoms with van der Waals surface area (Å²) in [6.07, 6.45) is 0. The molecule has 3 fully saturated rings. The lowest BCUT2D eigenvalue weighted by Crippen LogP contribution is -2.74. The van der Waals surface area contributed by atoms with Gasteiger partial charge in [-0.15, -0.1) is 0 Å². The summed E-state index contributed by atoms with van der Waals surface area (Å²) in [7, 11) is 0. The number of hydrazine groups is 4. The first-order valence-electron chi connectivity index (χ1n) is 5.93. The van der Waals surface area contributed by atoms with E-state index < -0.39 is 56.4 Å². The first-order chi connectivity index (χ1) is 11.1. The third-order valence-electron chi connectivity index (χ3n) is 4.02. The van der Waals surface area contributed by atoms with Gasteiger partial charge in [-0.1, -0.05) is 0 Å². The molecule has 0 unspecified atom stereocenters. The average molecular weight is 348 g/mol. The van der Waals surface area contributed by atoms with Gasteiger partial charge in [0.15, 0.2) is 44.3 Å². The minimum atomic E-state index is -1.78. The van der Waals surface area contributed by atoms with Gasteiger partial charge in [0, 0.05) is 0 Å². The number of urea groups is 2. The number of carbonyl (C=O) groups is 2. The summed E-state index contributed by atoms with van der Waals surface area (Å²) in [4.78, 5) is 67.5. The molecule has 2 aliphatic heterocycles. The molecule has 0 atom stereocenters. The zero-order chi connectivity index (χ0) is 18.1. The Bertz CT molecular complexity index is 598. The lowest BCUT2D eigenvalue weighted by atomic mass is 9.76. The van der Waals surface area contributed by atoms with Gasteiger partial charge < -0.3 is 0 Å². The highest BCUT2D eigenvalue weighted by atomic mass is 16.7. The summed E-state index contributed by atoms with van der Waals surface area (Å²) >= 11 is 0. The molecule has 0 aromatic rings. The molecule has 18 nitrogen and oxygen atoms in total. The van der Waals surface area contributed by atoms with Gasteiger partial charge in [-0.2, -0.15) is 0 Å². The van der Waals surface area contributed by atoms with Crippen molar-refractivity contribution in [2.45, 2.75) is 24.2 Å². The summed E-state index contributed by atoms with van der Waals surface area (Å²) in [5, 5.41) is 37.7. The summed E-state index contributed by atoms with van der Waals surface area (Å²) in [5.41, 5.74) is 0. The monoisotopic (exact) mass is 348 g/mol. The number of rotatable bonds is 4. The van der Waals surface area contributed by atoms with Crippen molar-refractivity contribution in [2.75, 3.05) is 0 Å². The highest BCUT2D eigenvalue weighted by molar-refractivity contribution is 5.81. The third-order valence-corrected chi connectivity index (χ3v) is 4.02. The molecule has 24 heavy (non-hydrogen) atoms. The van der Waals surface area contributed by atoms with Gasteiger partial charge in [0.05, 0.1) is 0 Å². The second kappa shape index (κ2) is 4.33. The molecule has 1 aliphatic carbocycles. The maximum atomic E-state index is 11.8. The summed E-state index contributed by atoms with van der Waals surface area (Å²) in [5.74, 6) is 0. The zero-order valence-electron chi connectivity index (χ0n) is 11.0. The fraction of sp³-hybridized carbons (Fsp3) is 0.667. The standard InChI is InChI=1S/C6H4N8O10/c15-5-7(11(17)18)1-2(8(5)12(19)20)4-3(1)9(13(21)22)6(16)10(4)14(23)24/h1-4H. The average Bonchev–Trinajstić information content (AvgIpc) is 2.84. The number of fused-ring (bicyclic) bond motifs is 4. The third kappa shape index (κ3) is 1.47. The Balaban J connectivity index is 2.12. The van der Waals surface area contributed by atoms with Gasteiger partial charge in [-0.05, 0) is 20.0 Å². The van der Waals surface area contributed by atoms with Crippen LogP contribution >= 0.6 is 0 Å². The quantitative estimate of drug-likeness (QED) is 0.391. The smallest absolute Gasteiger partial charge is 0.237 e. The fourth-order valence-corrected chi connectivity index (χ4v) is 3.25. The second-order valence-electron chi connectivity index (χ2n) is 4.86. The van der Waals surface area contributed by atoms with Crippen LogP contribution < -0.4 is 0 Å². The van der Waals surface area contributed by atoms with Crippen molar-refractivity contribution >= 4 is 12.1 Å². The van der Waals surface area contributed by atoms with Crippen LogP contribution in [0, 0.1) is 40.5 Å². The van der Waals surface area contributed by atoms with E-state index in [1.807, 2.05) is 0 Å². The highest BCUT2D eigenvalue weighted by Gasteiger charge is 2.84. The minimum Gasteiger partial charge on any atom is -0.237 e. The minimum absolute atomic E-state index is 0.234. The number of hydrogen-bond acceptors (Lipinski definition) is 10. The van der Waals surface area contributed by atoms with Crippen molar-refractivity contribution in [3.05, 3.63) is 40.5 Å². The van der Waals surface area contributed by atoms with Gasteiger partial charge in [-0.25, -0.2) is 50.0 Å². The second-order valence-corrected chi connectivity index (χ2v) is 4.86. The molecule has 0 spiro atoms. The molecule has 0 bridgehead atoms. The van der Waals surface area contributed by atoms with Crippen molar-refractivity contribution in [1.82, 2.24) is 20.0 Å². The lowest BCUT2D eigenvalue weighted by molar-refractivity contribution is -0.668. The van der Waals surface area contributed by atoms with E-state index in [2.05, 4.69) is 0 Å². The van der Waals surface area contributed by atoms with E-state index in [1.54, 1.807) is 0 Å². The molecule has 2 heterocycles. The first kappa shape index (κ1) is 15.1. The van der Waals surface area contributed by atoms with E-state index in [1.165, 1.54) is 0 Å².